The molecule has 0 atom stereocenters. The molecule has 0 fully saturated rings. The Balaban J connectivity index is 2.15. The molecule has 0 aliphatic carbocycles. The number of aromatic nitrogens is 3. The van der Waals surface area contributed by atoms with E-state index in [-0.39, 0.29) is 0 Å². The van der Waals surface area contributed by atoms with E-state index in [4.69, 9.17) is 9.47 Å². The SMILES string of the molecule is COc1cccc(-c2nc3cccc(OC)n3n2)c1. The fourth-order valence-electron chi connectivity index (χ4n) is 1.92. The summed E-state index contributed by atoms with van der Waals surface area (Å²) < 4.78 is 12.1. The number of ether oxygens (including phenoxy) is 2. The Labute approximate surface area is 110 Å². The number of hydrogen-bond donors (Lipinski definition) is 0. The number of hydrogen-bond acceptors (Lipinski definition) is 4. The number of rotatable bonds is 3. The molecule has 96 valence electrons. The summed E-state index contributed by atoms with van der Waals surface area (Å²) in [7, 11) is 3.25. The predicted molar refractivity (Wildman–Crippen MR) is 71.5 cm³/mol. The summed E-state index contributed by atoms with van der Waals surface area (Å²) in [5.41, 5.74) is 1.65. The number of pyridine rings is 1. The van der Waals surface area contributed by atoms with E-state index >= 15 is 0 Å². The Morgan fingerprint density at radius 2 is 1.84 bits per heavy atom. The van der Waals surface area contributed by atoms with Crippen molar-refractivity contribution < 1.29 is 9.47 Å². The highest BCUT2D eigenvalue weighted by atomic mass is 16.5. The van der Waals surface area contributed by atoms with Gasteiger partial charge >= 0.3 is 0 Å². The summed E-state index contributed by atoms with van der Waals surface area (Å²) in [4.78, 5) is 4.48. The molecule has 5 heteroatoms. The van der Waals surface area contributed by atoms with Gasteiger partial charge in [-0.05, 0) is 18.2 Å². The van der Waals surface area contributed by atoms with Crippen LogP contribution in [-0.4, -0.2) is 28.8 Å². The van der Waals surface area contributed by atoms with Crippen LogP contribution in [-0.2, 0) is 0 Å². The van der Waals surface area contributed by atoms with E-state index in [1.165, 1.54) is 0 Å². The minimum Gasteiger partial charge on any atom is -0.497 e. The second-order valence-corrected chi connectivity index (χ2v) is 4.01. The minimum absolute atomic E-state index is 0.642. The highest BCUT2D eigenvalue weighted by Gasteiger charge is 2.09. The molecular formula is C14H13N3O2. The highest BCUT2D eigenvalue weighted by molar-refractivity contribution is 5.60. The molecule has 2 heterocycles. The van der Waals surface area contributed by atoms with E-state index < -0.39 is 0 Å². The van der Waals surface area contributed by atoms with E-state index in [2.05, 4.69) is 10.1 Å². The van der Waals surface area contributed by atoms with Crippen LogP contribution in [0.2, 0.25) is 0 Å². The third-order valence-corrected chi connectivity index (χ3v) is 2.86. The Morgan fingerprint density at radius 1 is 1.00 bits per heavy atom. The largest absolute Gasteiger partial charge is 0.497 e. The second-order valence-electron chi connectivity index (χ2n) is 4.01. The number of nitrogens with zero attached hydrogens (tertiary/aromatic N) is 3. The van der Waals surface area contributed by atoms with Gasteiger partial charge in [-0.3, -0.25) is 0 Å². The van der Waals surface area contributed by atoms with E-state index in [1.54, 1.807) is 18.7 Å². The van der Waals surface area contributed by atoms with E-state index in [0.29, 0.717) is 11.7 Å². The van der Waals surface area contributed by atoms with Gasteiger partial charge in [0.1, 0.15) is 5.75 Å². The quantitative estimate of drug-likeness (QED) is 0.721. The summed E-state index contributed by atoms with van der Waals surface area (Å²) in [5, 5.41) is 4.45. The number of fused-ring (bicyclic) bond motifs is 1. The Kier molecular flexibility index (Phi) is 2.79. The lowest BCUT2D eigenvalue weighted by molar-refractivity contribution is 0.386. The molecule has 3 rings (SSSR count). The standard InChI is InChI=1S/C14H13N3O2/c1-18-11-6-3-5-10(9-11)14-15-12-7-4-8-13(19-2)17(12)16-14/h3-9H,1-2H3. The van der Waals surface area contributed by atoms with Gasteiger partial charge < -0.3 is 9.47 Å². The first kappa shape index (κ1) is 11.5. The van der Waals surface area contributed by atoms with Crippen LogP contribution in [0.3, 0.4) is 0 Å². The molecule has 3 aromatic rings. The van der Waals surface area contributed by atoms with Gasteiger partial charge in [0, 0.05) is 11.6 Å². The van der Waals surface area contributed by atoms with Crippen LogP contribution >= 0.6 is 0 Å². The molecule has 19 heavy (non-hydrogen) atoms. The summed E-state index contributed by atoms with van der Waals surface area (Å²) in [6, 6.07) is 13.3. The maximum atomic E-state index is 5.26. The van der Waals surface area contributed by atoms with Crippen LogP contribution in [0.4, 0.5) is 0 Å². The van der Waals surface area contributed by atoms with Crippen molar-refractivity contribution in [3.8, 4) is 23.0 Å². The average molecular weight is 255 g/mol. The van der Waals surface area contributed by atoms with Gasteiger partial charge in [0.25, 0.3) is 0 Å². The van der Waals surface area contributed by atoms with Gasteiger partial charge in [0.05, 0.1) is 14.2 Å². The Bertz CT molecular complexity index is 722. The fourth-order valence-corrected chi connectivity index (χ4v) is 1.92. The molecule has 5 nitrogen and oxygen atoms in total. The molecule has 0 spiro atoms. The molecule has 0 amide bonds. The number of methoxy groups -OCH3 is 2. The van der Waals surface area contributed by atoms with Crippen LogP contribution in [0.5, 0.6) is 11.6 Å². The van der Waals surface area contributed by atoms with Gasteiger partial charge in [0.15, 0.2) is 11.5 Å². The molecule has 2 aromatic heterocycles. The lowest BCUT2D eigenvalue weighted by atomic mass is 10.2. The molecule has 0 unspecified atom stereocenters. The Hall–Kier alpha value is -2.56. The second kappa shape index (κ2) is 4.61. The zero-order valence-electron chi connectivity index (χ0n) is 10.7. The minimum atomic E-state index is 0.642. The maximum absolute atomic E-state index is 5.26. The van der Waals surface area contributed by atoms with Gasteiger partial charge in [-0.2, -0.15) is 4.52 Å². The first-order valence-corrected chi connectivity index (χ1v) is 5.86. The summed E-state index contributed by atoms with van der Waals surface area (Å²) >= 11 is 0. The first-order chi connectivity index (χ1) is 9.31. The third-order valence-electron chi connectivity index (χ3n) is 2.86. The molecule has 0 saturated heterocycles. The van der Waals surface area contributed by atoms with Crippen molar-refractivity contribution in [3.63, 3.8) is 0 Å². The third kappa shape index (κ3) is 1.99. The van der Waals surface area contributed by atoms with Crippen LogP contribution < -0.4 is 9.47 Å². The summed E-state index contributed by atoms with van der Waals surface area (Å²) in [6.07, 6.45) is 0. The van der Waals surface area contributed by atoms with Crippen molar-refractivity contribution in [2.45, 2.75) is 0 Å². The average Bonchev–Trinajstić information content (AvgIpc) is 2.91. The van der Waals surface area contributed by atoms with Crippen molar-refractivity contribution in [3.05, 3.63) is 42.5 Å². The van der Waals surface area contributed by atoms with Gasteiger partial charge in [-0.25, -0.2) is 4.98 Å². The smallest absolute Gasteiger partial charge is 0.216 e. The van der Waals surface area contributed by atoms with E-state index in [9.17, 15) is 0 Å². The van der Waals surface area contributed by atoms with Crippen molar-refractivity contribution in [2.24, 2.45) is 0 Å². The van der Waals surface area contributed by atoms with Crippen LogP contribution in [0.1, 0.15) is 0 Å². The lowest BCUT2D eigenvalue weighted by Crippen LogP contribution is -1.94. The normalized spacial score (nSPS) is 10.6. The zero-order valence-corrected chi connectivity index (χ0v) is 10.7. The number of benzene rings is 1. The molecule has 0 bridgehead atoms. The molecular weight excluding hydrogens is 242 g/mol. The molecule has 1 aromatic carbocycles. The molecule has 0 aliphatic rings. The lowest BCUT2D eigenvalue weighted by Gasteiger charge is -2.01. The van der Waals surface area contributed by atoms with Gasteiger partial charge in [-0.1, -0.05) is 18.2 Å². The van der Waals surface area contributed by atoms with E-state index in [0.717, 1.165) is 17.0 Å². The Morgan fingerprint density at radius 3 is 2.63 bits per heavy atom. The first-order valence-electron chi connectivity index (χ1n) is 5.86. The van der Waals surface area contributed by atoms with Crippen molar-refractivity contribution in [1.82, 2.24) is 14.6 Å². The van der Waals surface area contributed by atoms with Crippen LogP contribution in [0.15, 0.2) is 42.5 Å². The predicted octanol–water partition coefficient (Wildman–Crippen LogP) is 2.41. The fraction of sp³-hybridized carbons (Fsp3) is 0.143. The summed E-state index contributed by atoms with van der Waals surface area (Å²) in [6.45, 7) is 0. The monoisotopic (exact) mass is 255 g/mol. The van der Waals surface area contributed by atoms with Crippen LogP contribution in [0.25, 0.3) is 17.0 Å². The highest BCUT2D eigenvalue weighted by Crippen LogP contribution is 2.23. The van der Waals surface area contributed by atoms with Crippen LogP contribution in [0, 0.1) is 0 Å². The maximum Gasteiger partial charge on any atom is 0.216 e. The van der Waals surface area contributed by atoms with Gasteiger partial charge in [0.2, 0.25) is 5.88 Å². The molecule has 0 radical (unpaired) electrons. The topological polar surface area (TPSA) is 48.7 Å². The van der Waals surface area contributed by atoms with Crippen molar-refractivity contribution in [2.75, 3.05) is 14.2 Å². The summed E-state index contributed by atoms with van der Waals surface area (Å²) in [5.74, 6) is 2.07. The van der Waals surface area contributed by atoms with Gasteiger partial charge in [-0.15, -0.1) is 5.10 Å². The zero-order chi connectivity index (χ0) is 13.2. The van der Waals surface area contributed by atoms with Crippen molar-refractivity contribution in [1.29, 1.82) is 0 Å². The molecule has 0 saturated carbocycles. The molecule has 0 aliphatic heterocycles. The molecule has 0 N–H and O–H groups in total. The van der Waals surface area contributed by atoms with Crippen molar-refractivity contribution >= 4 is 5.65 Å². The van der Waals surface area contributed by atoms with E-state index in [1.807, 2.05) is 42.5 Å².